The maximum Gasteiger partial charge on any atom is 0.0641 e. The van der Waals surface area contributed by atoms with Crippen LogP contribution in [0.15, 0.2) is 36.7 Å². The minimum atomic E-state index is -0.00140. The molecule has 3 rings (SSSR count). The summed E-state index contributed by atoms with van der Waals surface area (Å²) in [5.74, 6) is 0. The third-order valence-electron chi connectivity index (χ3n) is 4.05. The van der Waals surface area contributed by atoms with Crippen LogP contribution in [0.25, 0.3) is 10.8 Å². The lowest BCUT2D eigenvalue weighted by molar-refractivity contribution is -0.0630. The van der Waals surface area contributed by atoms with Gasteiger partial charge in [0.25, 0.3) is 0 Å². The molecule has 1 atom stereocenters. The Hall–Kier alpha value is -1.45. The zero-order valence-electron chi connectivity index (χ0n) is 12.2. The molecule has 2 heterocycles. The molecule has 0 aliphatic carbocycles. The van der Waals surface area contributed by atoms with Crippen LogP contribution in [0.2, 0.25) is 0 Å². The average Bonchev–Trinajstić information content (AvgIpc) is 2.44. The Balaban J connectivity index is 1.71. The molecule has 2 aromatic rings. The topological polar surface area (TPSA) is 34.2 Å². The predicted octanol–water partition coefficient (Wildman–Crippen LogP) is 3.28. The van der Waals surface area contributed by atoms with Crippen LogP contribution in [0.4, 0.5) is 0 Å². The molecular formula is C17H22N2O. The molecule has 1 N–H and O–H groups in total. The molecule has 20 heavy (non-hydrogen) atoms. The van der Waals surface area contributed by atoms with Gasteiger partial charge in [0.05, 0.1) is 5.60 Å². The number of rotatable bonds is 3. The maximum absolute atomic E-state index is 5.77. The van der Waals surface area contributed by atoms with E-state index in [0.717, 1.165) is 26.0 Å². The lowest BCUT2D eigenvalue weighted by Crippen LogP contribution is -2.43. The quantitative estimate of drug-likeness (QED) is 0.929. The van der Waals surface area contributed by atoms with Crippen molar-refractivity contribution in [1.29, 1.82) is 0 Å². The first-order valence-corrected chi connectivity index (χ1v) is 7.33. The number of benzene rings is 1. The van der Waals surface area contributed by atoms with Gasteiger partial charge in [0.1, 0.15) is 0 Å². The fourth-order valence-electron chi connectivity index (χ4n) is 3.00. The van der Waals surface area contributed by atoms with E-state index in [1.54, 1.807) is 0 Å². The lowest BCUT2D eigenvalue weighted by atomic mass is 9.93. The molecule has 0 spiro atoms. The standard InChI is InChI=1S/C17H22N2O/c1-17(2)10-15(7-9-20-17)19-12-14-5-3-4-13-11-18-8-6-16(13)14/h3-6,8,11,15,19H,7,9-10,12H2,1-2H3. The Morgan fingerprint density at radius 1 is 1.35 bits per heavy atom. The summed E-state index contributed by atoms with van der Waals surface area (Å²) in [6.07, 6.45) is 5.95. The Bertz CT molecular complexity index is 589. The first kappa shape index (κ1) is 13.5. The van der Waals surface area contributed by atoms with Crippen molar-refractivity contribution in [2.75, 3.05) is 6.61 Å². The van der Waals surface area contributed by atoms with Crippen LogP contribution in [-0.2, 0) is 11.3 Å². The fourth-order valence-corrected chi connectivity index (χ4v) is 3.00. The van der Waals surface area contributed by atoms with Crippen molar-refractivity contribution < 1.29 is 4.74 Å². The Morgan fingerprint density at radius 3 is 3.10 bits per heavy atom. The van der Waals surface area contributed by atoms with E-state index in [1.165, 1.54) is 16.3 Å². The average molecular weight is 270 g/mol. The zero-order valence-corrected chi connectivity index (χ0v) is 12.2. The molecule has 1 aromatic carbocycles. The van der Waals surface area contributed by atoms with E-state index in [9.17, 15) is 0 Å². The summed E-state index contributed by atoms with van der Waals surface area (Å²) >= 11 is 0. The van der Waals surface area contributed by atoms with Gasteiger partial charge in [-0.25, -0.2) is 0 Å². The molecule has 0 amide bonds. The summed E-state index contributed by atoms with van der Waals surface area (Å²) < 4.78 is 5.77. The van der Waals surface area contributed by atoms with Gasteiger partial charge in [-0.15, -0.1) is 0 Å². The van der Waals surface area contributed by atoms with Crippen LogP contribution in [0.3, 0.4) is 0 Å². The largest absolute Gasteiger partial charge is 0.375 e. The van der Waals surface area contributed by atoms with E-state index in [1.807, 2.05) is 12.4 Å². The second-order valence-corrected chi connectivity index (χ2v) is 6.19. The van der Waals surface area contributed by atoms with Crippen LogP contribution >= 0.6 is 0 Å². The summed E-state index contributed by atoms with van der Waals surface area (Å²) in [5, 5.41) is 6.19. The molecule has 1 saturated heterocycles. The number of nitrogens with zero attached hydrogens (tertiary/aromatic N) is 1. The van der Waals surface area contributed by atoms with E-state index < -0.39 is 0 Å². The highest BCUT2D eigenvalue weighted by molar-refractivity contribution is 5.84. The SMILES string of the molecule is CC1(C)CC(NCc2cccc3cnccc23)CCO1. The van der Waals surface area contributed by atoms with Gasteiger partial charge in [-0.2, -0.15) is 0 Å². The summed E-state index contributed by atoms with van der Waals surface area (Å²) in [4.78, 5) is 4.19. The van der Waals surface area contributed by atoms with Crippen molar-refractivity contribution in [3.05, 3.63) is 42.2 Å². The van der Waals surface area contributed by atoms with Crippen molar-refractivity contribution >= 4 is 10.8 Å². The van der Waals surface area contributed by atoms with E-state index in [-0.39, 0.29) is 5.60 Å². The molecule has 0 saturated carbocycles. The summed E-state index contributed by atoms with van der Waals surface area (Å²) in [7, 11) is 0. The van der Waals surface area contributed by atoms with Gasteiger partial charge >= 0.3 is 0 Å². The fraction of sp³-hybridized carbons (Fsp3) is 0.471. The van der Waals surface area contributed by atoms with Gasteiger partial charge in [-0.3, -0.25) is 4.98 Å². The van der Waals surface area contributed by atoms with Crippen molar-refractivity contribution in [2.24, 2.45) is 0 Å². The Morgan fingerprint density at radius 2 is 2.25 bits per heavy atom. The van der Waals surface area contributed by atoms with Crippen LogP contribution in [-0.4, -0.2) is 23.2 Å². The van der Waals surface area contributed by atoms with Crippen LogP contribution in [0, 0.1) is 0 Å². The van der Waals surface area contributed by atoms with Gasteiger partial charge in [-0.05, 0) is 43.7 Å². The van der Waals surface area contributed by atoms with E-state index in [0.29, 0.717) is 6.04 Å². The molecule has 106 valence electrons. The number of nitrogens with one attached hydrogen (secondary N) is 1. The molecule has 1 aliphatic rings. The second kappa shape index (κ2) is 5.51. The molecule has 3 nitrogen and oxygen atoms in total. The maximum atomic E-state index is 5.77. The van der Waals surface area contributed by atoms with E-state index >= 15 is 0 Å². The summed E-state index contributed by atoms with van der Waals surface area (Å²) in [6, 6.07) is 9.05. The van der Waals surface area contributed by atoms with Gasteiger partial charge < -0.3 is 10.1 Å². The number of ether oxygens (including phenoxy) is 1. The third kappa shape index (κ3) is 3.00. The van der Waals surface area contributed by atoms with Crippen LogP contribution in [0.5, 0.6) is 0 Å². The zero-order chi connectivity index (χ0) is 14.0. The molecule has 1 aliphatic heterocycles. The number of hydrogen-bond donors (Lipinski definition) is 1. The number of hydrogen-bond acceptors (Lipinski definition) is 3. The second-order valence-electron chi connectivity index (χ2n) is 6.19. The highest BCUT2D eigenvalue weighted by Crippen LogP contribution is 2.24. The van der Waals surface area contributed by atoms with E-state index in [4.69, 9.17) is 4.74 Å². The highest BCUT2D eigenvalue weighted by Gasteiger charge is 2.28. The molecule has 1 fully saturated rings. The van der Waals surface area contributed by atoms with Crippen molar-refractivity contribution in [1.82, 2.24) is 10.3 Å². The van der Waals surface area contributed by atoms with Crippen molar-refractivity contribution in [3.63, 3.8) is 0 Å². The van der Waals surface area contributed by atoms with Crippen LogP contribution < -0.4 is 5.32 Å². The minimum Gasteiger partial charge on any atom is -0.375 e. The number of aromatic nitrogens is 1. The Labute approximate surface area is 120 Å². The molecule has 0 bridgehead atoms. The lowest BCUT2D eigenvalue weighted by Gasteiger charge is -2.36. The van der Waals surface area contributed by atoms with Gasteiger partial charge in [0.15, 0.2) is 0 Å². The molecule has 0 radical (unpaired) electrons. The minimum absolute atomic E-state index is 0.00140. The molecular weight excluding hydrogens is 248 g/mol. The Kier molecular flexibility index (Phi) is 3.72. The number of pyridine rings is 1. The monoisotopic (exact) mass is 270 g/mol. The predicted molar refractivity (Wildman–Crippen MR) is 81.6 cm³/mol. The first-order valence-electron chi connectivity index (χ1n) is 7.33. The molecule has 1 aromatic heterocycles. The van der Waals surface area contributed by atoms with Crippen LogP contribution in [0.1, 0.15) is 32.3 Å². The smallest absolute Gasteiger partial charge is 0.0641 e. The normalized spacial score (nSPS) is 22.0. The van der Waals surface area contributed by atoms with Crippen molar-refractivity contribution in [2.45, 2.75) is 44.9 Å². The number of fused-ring (bicyclic) bond motifs is 1. The molecule has 3 heteroatoms. The summed E-state index contributed by atoms with van der Waals surface area (Å²) in [6.45, 7) is 6.10. The van der Waals surface area contributed by atoms with Crippen molar-refractivity contribution in [3.8, 4) is 0 Å². The third-order valence-corrected chi connectivity index (χ3v) is 4.05. The first-order chi connectivity index (χ1) is 9.64. The summed E-state index contributed by atoms with van der Waals surface area (Å²) in [5.41, 5.74) is 1.34. The van der Waals surface area contributed by atoms with Gasteiger partial charge in [0.2, 0.25) is 0 Å². The van der Waals surface area contributed by atoms with Gasteiger partial charge in [0, 0.05) is 37.0 Å². The molecule has 1 unspecified atom stereocenters. The highest BCUT2D eigenvalue weighted by atomic mass is 16.5. The van der Waals surface area contributed by atoms with E-state index in [2.05, 4.69) is 48.4 Å². The van der Waals surface area contributed by atoms with Gasteiger partial charge in [-0.1, -0.05) is 18.2 Å².